The first-order chi connectivity index (χ1) is 9.69. The van der Waals surface area contributed by atoms with Gasteiger partial charge in [-0.15, -0.1) is 0 Å². The maximum Gasteiger partial charge on any atom is 0.141 e. The van der Waals surface area contributed by atoms with Crippen molar-refractivity contribution in [1.29, 1.82) is 0 Å². The summed E-state index contributed by atoms with van der Waals surface area (Å²) in [6, 6.07) is 2.86. The molecule has 0 aromatic carbocycles. The van der Waals surface area contributed by atoms with E-state index in [1.807, 2.05) is 0 Å². The Morgan fingerprint density at radius 1 is 1.45 bits per heavy atom. The third-order valence-electron chi connectivity index (χ3n) is 3.95. The largest absolute Gasteiger partial charge is 0.396 e. The van der Waals surface area contributed by atoms with Crippen LogP contribution in [-0.2, 0) is 0 Å². The lowest BCUT2D eigenvalue weighted by Crippen LogP contribution is -2.36. The summed E-state index contributed by atoms with van der Waals surface area (Å²) < 4.78 is 12.8. The van der Waals surface area contributed by atoms with E-state index in [4.69, 9.17) is 5.11 Å². The van der Waals surface area contributed by atoms with Crippen LogP contribution in [0.1, 0.15) is 37.5 Å². The van der Waals surface area contributed by atoms with E-state index in [1.54, 1.807) is 0 Å². The highest BCUT2D eigenvalue weighted by Gasteiger charge is 2.20. The Labute approximate surface area is 119 Å². The molecule has 2 rings (SSSR count). The lowest BCUT2D eigenvalue weighted by Gasteiger charge is -2.32. The minimum atomic E-state index is -0.645. The zero-order valence-corrected chi connectivity index (χ0v) is 11.7. The second-order valence-electron chi connectivity index (χ2n) is 5.53. The van der Waals surface area contributed by atoms with Crippen molar-refractivity contribution in [3.05, 3.63) is 29.8 Å². The first-order valence-electron chi connectivity index (χ1n) is 7.31. The summed E-state index contributed by atoms with van der Waals surface area (Å²) in [6.45, 7) is 3.10. The standard InChI is InChI=1S/C15H23FN2O2/c16-13-3-4-14(17-10-13)15(20)5-8-18-7-1-2-12(11-18)6-9-19/h3-4,10,12,15,19-20H,1-2,5-9,11H2. The summed E-state index contributed by atoms with van der Waals surface area (Å²) in [6.07, 6.45) is 4.28. The first kappa shape index (κ1) is 15.4. The van der Waals surface area contributed by atoms with Gasteiger partial charge in [-0.3, -0.25) is 4.98 Å². The maximum absolute atomic E-state index is 12.8. The van der Waals surface area contributed by atoms with Gasteiger partial charge in [0.2, 0.25) is 0 Å². The van der Waals surface area contributed by atoms with Crippen LogP contribution in [-0.4, -0.2) is 46.3 Å². The normalized spacial score (nSPS) is 21.9. The van der Waals surface area contributed by atoms with Crippen LogP contribution in [0.25, 0.3) is 0 Å². The summed E-state index contributed by atoms with van der Waals surface area (Å²) >= 11 is 0. The third kappa shape index (κ3) is 4.51. The average Bonchev–Trinajstić information content (AvgIpc) is 2.46. The lowest BCUT2D eigenvalue weighted by atomic mass is 9.95. The SMILES string of the molecule is OCCC1CCCN(CCC(O)c2ccc(F)cn2)C1. The van der Waals surface area contributed by atoms with Crippen molar-refractivity contribution in [3.8, 4) is 0 Å². The summed E-state index contributed by atoms with van der Waals surface area (Å²) in [4.78, 5) is 6.24. The van der Waals surface area contributed by atoms with Gasteiger partial charge in [-0.05, 0) is 50.3 Å². The predicted molar refractivity (Wildman–Crippen MR) is 74.6 cm³/mol. The molecule has 1 fully saturated rings. The van der Waals surface area contributed by atoms with Crippen LogP contribution < -0.4 is 0 Å². The van der Waals surface area contributed by atoms with Crippen LogP contribution in [0.4, 0.5) is 4.39 Å². The molecule has 0 radical (unpaired) electrons. The van der Waals surface area contributed by atoms with E-state index in [2.05, 4.69) is 9.88 Å². The molecule has 5 heteroatoms. The highest BCUT2D eigenvalue weighted by molar-refractivity contribution is 5.07. The fourth-order valence-electron chi connectivity index (χ4n) is 2.81. The van der Waals surface area contributed by atoms with Gasteiger partial charge in [0.15, 0.2) is 0 Å². The van der Waals surface area contributed by atoms with Gasteiger partial charge >= 0.3 is 0 Å². The fraction of sp³-hybridized carbons (Fsp3) is 0.667. The van der Waals surface area contributed by atoms with Crippen LogP contribution in [0.2, 0.25) is 0 Å². The Morgan fingerprint density at radius 3 is 3.00 bits per heavy atom. The van der Waals surface area contributed by atoms with Crippen LogP contribution in [0, 0.1) is 11.7 Å². The summed E-state index contributed by atoms with van der Waals surface area (Å²) in [5, 5.41) is 19.1. The number of aromatic nitrogens is 1. The molecule has 2 N–H and O–H groups in total. The molecule has 20 heavy (non-hydrogen) atoms. The van der Waals surface area contributed by atoms with Crippen LogP contribution in [0.15, 0.2) is 18.3 Å². The number of piperidine rings is 1. The summed E-state index contributed by atoms with van der Waals surface area (Å²) in [5.74, 6) is 0.179. The molecule has 1 aromatic rings. The van der Waals surface area contributed by atoms with E-state index in [-0.39, 0.29) is 12.4 Å². The second kappa shape index (κ2) is 7.67. The predicted octanol–water partition coefficient (Wildman–Crippen LogP) is 1.74. The summed E-state index contributed by atoms with van der Waals surface area (Å²) in [7, 11) is 0. The molecule has 1 aromatic heterocycles. The molecule has 2 atom stereocenters. The smallest absolute Gasteiger partial charge is 0.141 e. The van der Waals surface area contributed by atoms with E-state index in [0.29, 0.717) is 18.0 Å². The van der Waals surface area contributed by atoms with E-state index >= 15 is 0 Å². The number of likely N-dealkylation sites (tertiary alicyclic amines) is 1. The number of rotatable bonds is 6. The van der Waals surface area contributed by atoms with Crippen molar-refractivity contribution in [3.63, 3.8) is 0 Å². The van der Waals surface area contributed by atoms with Gasteiger partial charge in [0.05, 0.1) is 18.0 Å². The van der Waals surface area contributed by atoms with Gasteiger partial charge < -0.3 is 15.1 Å². The van der Waals surface area contributed by atoms with Crippen LogP contribution in [0.5, 0.6) is 0 Å². The van der Waals surface area contributed by atoms with Gasteiger partial charge in [-0.1, -0.05) is 0 Å². The highest BCUT2D eigenvalue weighted by atomic mass is 19.1. The zero-order valence-electron chi connectivity index (χ0n) is 11.7. The molecule has 2 heterocycles. The van der Waals surface area contributed by atoms with E-state index in [9.17, 15) is 9.50 Å². The molecule has 4 nitrogen and oxygen atoms in total. The minimum absolute atomic E-state index is 0.251. The summed E-state index contributed by atoms with van der Waals surface area (Å²) in [5.41, 5.74) is 0.523. The van der Waals surface area contributed by atoms with E-state index in [0.717, 1.165) is 38.7 Å². The van der Waals surface area contributed by atoms with Gasteiger partial charge in [0, 0.05) is 19.7 Å². The molecule has 2 unspecified atom stereocenters. The van der Waals surface area contributed by atoms with Gasteiger partial charge in [-0.2, -0.15) is 0 Å². The second-order valence-corrected chi connectivity index (χ2v) is 5.53. The monoisotopic (exact) mass is 282 g/mol. The van der Waals surface area contributed by atoms with Gasteiger partial charge in [0.25, 0.3) is 0 Å². The van der Waals surface area contributed by atoms with Crippen LogP contribution >= 0.6 is 0 Å². The molecule has 1 saturated heterocycles. The number of halogens is 1. The molecule has 0 amide bonds. The first-order valence-corrected chi connectivity index (χ1v) is 7.31. The molecule has 0 bridgehead atoms. The Hall–Kier alpha value is -1.04. The molecular weight excluding hydrogens is 259 g/mol. The van der Waals surface area contributed by atoms with Crippen molar-refractivity contribution in [2.45, 2.75) is 31.8 Å². The molecule has 1 aliphatic heterocycles. The minimum Gasteiger partial charge on any atom is -0.396 e. The molecule has 0 aliphatic carbocycles. The fourth-order valence-corrected chi connectivity index (χ4v) is 2.81. The third-order valence-corrected chi connectivity index (χ3v) is 3.95. The number of hydrogen-bond donors (Lipinski definition) is 2. The maximum atomic E-state index is 12.8. The van der Waals surface area contributed by atoms with Gasteiger partial charge in [-0.25, -0.2) is 4.39 Å². The molecule has 0 spiro atoms. The highest BCUT2D eigenvalue weighted by Crippen LogP contribution is 2.21. The van der Waals surface area contributed by atoms with E-state index in [1.165, 1.54) is 18.6 Å². The number of aliphatic hydroxyl groups excluding tert-OH is 2. The van der Waals surface area contributed by atoms with Crippen molar-refractivity contribution in [2.24, 2.45) is 5.92 Å². The Balaban J connectivity index is 1.78. The van der Waals surface area contributed by atoms with Crippen molar-refractivity contribution < 1.29 is 14.6 Å². The number of hydrogen-bond acceptors (Lipinski definition) is 4. The molecule has 1 aliphatic rings. The molecule has 0 saturated carbocycles. The average molecular weight is 282 g/mol. The van der Waals surface area contributed by atoms with Crippen molar-refractivity contribution in [1.82, 2.24) is 9.88 Å². The Morgan fingerprint density at radius 2 is 2.30 bits per heavy atom. The zero-order chi connectivity index (χ0) is 14.4. The van der Waals surface area contributed by atoms with Crippen molar-refractivity contribution in [2.75, 3.05) is 26.2 Å². The van der Waals surface area contributed by atoms with Crippen LogP contribution in [0.3, 0.4) is 0 Å². The number of pyridine rings is 1. The Bertz CT molecular complexity index is 397. The molecule has 112 valence electrons. The quantitative estimate of drug-likeness (QED) is 0.834. The topological polar surface area (TPSA) is 56.6 Å². The lowest BCUT2D eigenvalue weighted by molar-refractivity contribution is 0.108. The van der Waals surface area contributed by atoms with Crippen molar-refractivity contribution >= 4 is 0 Å². The number of nitrogens with zero attached hydrogens (tertiary/aromatic N) is 2. The Kier molecular flexibility index (Phi) is 5.88. The number of aliphatic hydroxyl groups is 2. The van der Waals surface area contributed by atoms with Gasteiger partial charge in [0.1, 0.15) is 5.82 Å². The van der Waals surface area contributed by atoms with E-state index < -0.39 is 6.10 Å². The molecular formula is C15H23FN2O2.